The van der Waals surface area contributed by atoms with Crippen LogP contribution in [0, 0.1) is 19.3 Å². The minimum absolute atomic E-state index is 0.528. The Labute approximate surface area is 109 Å². The van der Waals surface area contributed by atoms with Crippen LogP contribution < -0.4 is 10.6 Å². The number of benzene rings is 1. The maximum atomic E-state index is 5.95. The highest BCUT2D eigenvalue weighted by molar-refractivity contribution is 5.64. The van der Waals surface area contributed by atoms with Gasteiger partial charge in [0.15, 0.2) is 0 Å². The zero-order valence-corrected chi connectivity index (χ0v) is 11.3. The van der Waals surface area contributed by atoms with E-state index in [4.69, 9.17) is 10.5 Å². The minimum Gasteiger partial charge on any atom is -0.399 e. The van der Waals surface area contributed by atoms with Crippen molar-refractivity contribution in [3.05, 3.63) is 23.3 Å². The van der Waals surface area contributed by atoms with E-state index in [-0.39, 0.29) is 0 Å². The Kier molecular flexibility index (Phi) is 2.74. The Morgan fingerprint density at radius 2 is 1.78 bits per heavy atom. The molecule has 0 saturated carbocycles. The fourth-order valence-electron chi connectivity index (χ4n) is 3.22. The number of hydrogen-bond acceptors (Lipinski definition) is 3. The van der Waals surface area contributed by atoms with Crippen molar-refractivity contribution >= 4 is 11.4 Å². The molecular weight excluding hydrogens is 224 g/mol. The van der Waals surface area contributed by atoms with Crippen LogP contribution in [-0.2, 0) is 4.74 Å². The van der Waals surface area contributed by atoms with Gasteiger partial charge in [0.05, 0.1) is 0 Å². The predicted molar refractivity (Wildman–Crippen MR) is 75.0 cm³/mol. The van der Waals surface area contributed by atoms with Gasteiger partial charge in [0.2, 0.25) is 0 Å². The molecule has 98 valence electrons. The fourth-order valence-corrected chi connectivity index (χ4v) is 3.22. The van der Waals surface area contributed by atoms with Crippen molar-refractivity contribution in [1.82, 2.24) is 0 Å². The fraction of sp³-hybridized carbons (Fsp3) is 0.600. The highest BCUT2D eigenvalue weighted by atomic mass is 16.5. The minimum atomic E-state index is 0.528. The van der Waals surface area contributed by atoms with Gasteiger partial charge in [0, 0.05) is 43.1 Å². The molecule has 0 aromatic heterocycles. The monoisotopic (exact) mass is 246 g/mol. The molecule has 2 saturated heterocycles. The second kappa shape index (κ2) is 4.16. The zero-order valence-electron chi connectivity index (χ0n) is 11.3. The average molecular weight is 246 g/mol. The number of rotatable bonds is 1. The van der Waals surface area contributed by atoms with Crippen molar-refractivity contribution in [2.45, 2.75) is 26.7 Å². The molecule has 2 heterocycles. The number of anilines is 2. The molecule has 0 unspecified atom stereocenters. The van der Waals surface area contributed by atoms with Crippen molar-refractivity contribution in [1.29, 1.82) is 0 Å². The molecule has 0 atom stereocenters. The highest BCUT2D eigenvalue weighted by Crippen LogP contribution is 2.43. The molecule has 3 rings (SSSR count). The van der Waals surface area contributed by atoms with Crippen molar-refractivity contribution in [3.63, 3.8) is 0 Å². The van der Waals surface area contributed by atoms with Crippen LogP contribution in [0.4, 0.5) is 11.4 Å². The number of hydrogen-bond donors (Lipinski definition) is 1. The van der Waals surface area contributed by atoms with E-state index in [1.807, 2.05) is 0 Å². The van der Waals surface area contributed by atoms with Gasteiger partial charge < -0.3 is 15.4 Å². The van der Waals surface area contributed by atoms with E-state index in [0.717, 1.165) is 18.9 Å². The lowest BCUT2D eigenvalue weighted by Gasteiger charge is -2.53. The molecule has 0 bridgehead atoms. The normalized spacial score (nSPS) is 22.0. The summed E-state index contributed by atoms with van der Waals surface area (Å²) in [6, 6.07) is 4.33. The molecule has 2 fully saturated rings. The Morgan fingerprint density at radius 1 is 1.11 bits per heavy atom. The molecule has 1 spiro atoms. The summed E-state index contributed by atoms with van der Waals surface area (Å²) in [6.07, 6.45) is 2.44. The first-order chi connectivity index (χ1) is 8.60. The Bertz CT molecular complexity index is 456. The molecule has 3 heteroatoms. The summed E-state index contributed by atoms with van der Waals surface area (Å²) in [5.41, 5.74) is 11.2. The molecule has 1 aromatic rings. The van der Waals surface area contributed by atoms with Gasteiger partial charge in [-0.1, -0.05) is 0 Å². The van der Waals surface area contributed by atoms with Crippen molar-refractivity contribution < 1.29 is 4.74 Å². The van der Waals surface area contributed by atoms with Crippen LogP contribution in [0.2, 0.25) is 0 Å². The lowest BCUT2D eigenvalue weighted by molar-refractivity contribution is -0.000226. The number of aryl methyl sites for hydroxylation is 2. The SMILES string of the molecule is Cc1cc(N2CC3(CCOCC3)C2)c(C)cc1N. The van der Waals surface area contributed by atoms with E-state index in [0.29, 0.717) is 5.41 Å². The molecule has 2 aliphatic heterocycles. The van der Waals surface area contributed by atoms with Gasteiger partial charge >= 0.3 is 0 Å². The summed E-state index contributed by atoms with van der Waals surface area (Å²) < 4.78 is 5.47. The molecule has 18 heavy (non-hydrogen) atoms. The first kappa shape index (κ1) is 11.8. The van der Waals surface area contributed by atoms with Crippen LogP contribution >= 0.6 is 0 Å². The standard InChI is InChI=1S/C15H22N2O/c1-11-8-14(12(2)7-13(11)16)17-9-15(10-17)3-5-18-6-4-15/h7-8H,3-6,9-10,16H2,1-2H3. The molecule has 1 aromatic carbocycles. The largest absolute Gasteiger partial charge is 0.399 e. The van der Waals surface area contributed by atoms with Crippen LogP contribution in [0.1, 0.15) is 24.0 Å². The van der Waals surface area contributed by atoms with E-state index >= 15 is 0 Å². The maximum Gasteiger partial charge on any atom is 0.0472 e. The third-order valence-electron chi connectivity index (χ3n) is 4.53. The van der Waals surface area contributed by atoms with E-state index in [1.54, 1.807) is 0 Å². The van der Waals surface area contributed by atoms with E-state index in [1.165, 1.54) is 42.7 Å². The van der Waals surface area contributed by atoms with Crippen LogP contribution in [0.3, 0.4) is 0 Å². The van der Waals surface area contributed by atoms with E-state index < -0.39 is 0 Å². The summed E-state index contributed by atoms with van der Waals surface area (Å²) in [5, 5.41) is 0. The van der Waals surface area contributed by atoms with Crippen molar-refractivity contribution in [2.75, 3.05) is 36.9 Å². The van der Waals surface area contributed by atoms with Gasteiger partial charge in [-0.25, -0.2) is 0 Å². The van der Waals surface area contributed by atoms with E-state index in [9.17, 15) is 0 Å². The van der Waals surface area contributed by atoms with Gasteiger partial charge in [-0.3, -0.25) is 0 Å². The first-order valence-corrected chi connectivity index (χ1v) is 6.79. The van der Waals surface area contributed by atoms with Crippen LogP contribution in [0.15, 0.2) is 12.1 Å². The van der Waals surface area contributed by atoms with Gasteiger partial charge in [0.25, 0.3) is 0 Å². The van der Waals surface area contributed by atoms with E-state index in [2.05, 4.69) is 30.9 Å². The summed E-state index contributed by atoms with van der Waals surface area (Å²) in [7, 11) is 0. The number of nitrogen functional groups attached to an aromatic ring is 1. The van der Waals surface area contributed by atoms with Gasteiger partial charge in [-0.2, -0.15) is 0 Å². The smallest absolute Gasteiger partial charge is 0.0472 e. The van der Waals surface area contributed by atoms with Crippen LogP contribution in [0.5, 0.6) is 0 Å². The lowest BCUT2D eigenvalue weighted by Crippen LogP contribution is -2.58. The molecule has 0 aliphatic carbocycles. The second-order valence-electron chi connectivity index (χ2n) is 5.96. The van der Waals surface area contributed by atoms with Crippen LogP contribution in [0.25, 0.3) is 0 Å². The van der Waals surface area contributed by atoms with Crippen LogP contribution in [-0.4, -0.2) is 26.3 Å². The zero-order chi connectivity index (χ0) is 12.8. The summed E-state index contributed by atoms with van der Waals surface area (Å²) in [5.74, 6) is 0. The number of nitrogens with two attached hydrogens (primary N) is 1. The second-order valence-corrected chi connectivity index (χ2v) is 5.96. The average Bonchev–Trinajstić information content (AvgIpc) is 2.32. The summed E-state index contributed by atoms with van der Waals surface area (Å²) in [6.45, 7) is 8.48. The molecule has 2 N–H and O–H groups in total. The number of nitrogens with zero attached hydrogens (tertiary/aromatic N) is 1. The Morgan fingerprint density at radius 3 is 2.44 bits per heavy atom. The molecular formula is C15H22N2O. The van der Waals surface area contributed by atoms with Crippen molar-refractivity contribution in [2.24, 2.45) is 5.41 Å². The molecule has 2 aliphatic rings. The van der Waals surface area contributed by atoms with Gasteiger partial charge in [0.1, 0.15) is 0 Å². The Balaban J connectivity index is 1.76. The third-order valence-corrected chi connectivity index (χ3v) is 4.53. The molecule has 3 nitrogen and oxygen atoms in total. The third kappa shape index (κ3) is 1.87. The highest BCUT2D eigenvalue weighted by Gasteiger charge is 2.44. The maximum absolute atomic E-state index is 5.95. The predicted octanol–water partition coefficient (Wildman–Crippen LogP) is 2.50. The Hall–Kier alpha value is -1.22. The lowest BCUT2D eigenvalue weighted by atomic mass is 9.73. The molecule has 0 amide bonds. The molecule has 0 radical (unpaired) electrons. The number of ether oxygens (including phenoxy) is 1. The van der Waals surface area contributed by atoms with Crippen molar-refractivity contribution in [3.8, 4) is 0 Å². The summed E-state index contributed by atoms with van der Waals surface area (Å²) in [4.78, 5) is 2.49. The topological polar surface area (TPSA) is 38.5 Å². The quantitative estimate of drug-likeness (QED) is 0.774. The first-order valence-electron chi connectivity index (χ1n) is 6.79. The van der Waals surface area contributed by atoms with Gasteiger partial charge in [-0.05, 0) is 49.9 Å². The van der Waals surface area contributed by atoms with Gasteiger partial charge in [-0.15, -0.1) is 0 Å². The summed E-state index contributed by atoms with van der Waals surface area (Å²) >= 11 is 0.